The van der Waals surface area contributed by atoms with E-state index in [2.05, 4.69) is 20.8 Å². The summed E-state index contributed by atoms with van der Waals surface area (Å²) in [6.45, 7) is 4.36. The number of fused-ring (bicyclic) bond motifs is 1. The van der Waals surface area contributed by atoms with E-state index < -0.39 is 0 Å². The topological polar surface area (TPSA) is 21.7 Å². The molecule has 1 fully saturated rings. The van der Waals surface area contributed by atoms with Crippen LogP contribution in [0.1, 0.15) is 11.1 Å². The molecule has 0 radical (unpaired) electrons. The lowest BCUT2D eigenvalue weighted by Gasteiger charge is -2.32. The van der Waals surface area contributed by atoms with Crippen LogP contribution in [0.5, 0.6) is 5.75 Å². The molecule has 5 heteroatoms. The summed E-state index contributed by atoms with van der Waals surface area (Å²) in [5.74, 6) is 1.05. The molecule has 1 aromatic rings. The Morgan fingerprint density at radius 3 is 3.11 bits per heavy atom. The molecule has 0 N–H and O–H groups in total. The molecule has 0 aliphatic carbocycles. The predicted molar refractivity (Wildman–Crippen MR) is 79.5 cm³/mol. The quantitative estimate of drug-likeness (QED) is 0.786. The maximum atomic E-state index is 6.20. The van der Waals surface area contributed by atoms with Gasteiger partial charge in [0.2, 0.25) is 0 Å². The molecule has 3 rings (SSSR count). The van der Waals surface area contributed by atoms with E-state index in [0.717, 1.165) is 55.4 Å². The van der Waals surface area contributed by atoms with Gasteiger partial charge in [-0.2, -0.15) is 0 Å². The summed E-state index contributed by atoms with van der Waals surface area (Å²) in [7, 11) is 0. The Morgan fingerprint density at radius 2 is 2.26 bits per heavy atom. The third-order valence-electron chi connectivity index (χ3n) is 3.61. The minimum absolute atomic E-state index is 0.280. The van der Waals surface area contributed by atoms with Crippen molar-refractivity contribution in [2.45, 2.75) is 19.1 Å². The molecule has 104 valence electrons. The normalized spacial score (nSPS) is 23.2. The van der Waals surface area contributed by atoms with Gasteiger partial charge in [0.1, 0.15) is 5.75 Å². The molecule has 1 unspecified atom stereocenters. The van der Waals surface area contributed by atoms with Crippen molar-refractivity contribution in [2.75, 3.05) is 31.6 Å². The van der Waals surface area contributed by atoms with Gasteiger partial charge < -0.3 is 9.47 Å². The van der Waals surface area contributed by atoms with Crippen LogP contribution < -0.4 is 4.74 Å². The number of halogens is 2. The second-order valence-corrected chi connectivity index (χ2v) is 6.12. The molecule has 2 aliphatic heterocycles. The summed E-state index contributed by atoms with van der Waals surface area (Å²) in [6, 6.07) is 4.05. The highest BCUT2D eigenvalue weighted by molar-refractivity contribution is 9.09. The van der Waals surface area contributed by atoms with E-state index in [1.807, 2.05) is 12.1 Å². The zero-order chi connectivity index (χ0) is 13.2. The molecular weight excluding hydrogens is 330 g/mol. The standard InChI is InChI=1S/C14H17BrClNO2/c15-7-13-9-17(2-4-18-13)8-11-6-12(16)5-10-1-3-19-14(10)11/h5-6,13H,1-4,7-9H2. The molecule has 1 saturated heterocycles. The van der Waals surface area contributed by atoms with Crippen molar-refractivity contribution in [1.82, 2.24) is 4.90 Å². The van der Waals surface area contributed by atoms with Crippen molar-refractivity contribution in [3.63, 3.8) is 0 Å². The number of ether oxygens (including phenoxy) is 2. The van der Waals surface area contributed by atoms with Crippen LogP contribution in [0.3, 0.4) is 0 Å². The molecule has 0 spiro atoms. The third-order valence-corrected chi connectivity index (χ3v) is 4.55. The molecule has 1 aromatic carbocycles. The van der Waals surface area contributed by atoms with Gasteiger partial charge in [0.05, 0.1) is 19.3 Å². The fourth-order valence-electron chi connectivity index (χ4n) is 2.72. The van der Waals surface area contributed by atoms with Crippen molar-refractivity contribution in [1.29, 1.82) is 0 Å². The van der Waals surface area contributed by atoms with Gasteiger partial charge in [-0.3, -0.25) is 4.90 Å². The van der Waals surface area contributed by atoms with E-state index in [0.29, 0.717) is 0 Å². The van der Waals surface area contributed by atoms with Crippen LogP contribution in [-0.4, -0.2) is 42.6 Å². The highest BCUT2D eigenvalue weighted by atomic mass is 79.9. The Hall–Kier alpha value is -0.290. The molecule has 1 atom stereocenters. The van der Waals surface area contributed by atoms with Crippen molar-refractivity contribution in [3.05, 3.63) is 28.3 Å². The van der Waals surface area contributed by atoms with E-state index in [1.54, 1.807) is 0 Å². The first-order valence-corrected chi connectivity index (χ1v) is 8.10. The van der Waals surface area contributed by atoms with Gasteiger partial charge in [0, 0.05) is 42.0 Å². The van der Waals surface area contributed by atoms with Crippen LogP contribution in [0.2, 0.25) is 5.02 Å². The SMILES string of the molecule is Clc1cc2c(c(CN3CCOC(CBr)C3)c1)OCC2. The second-order valence-electron chi connectivity index (χ2n) is 5.03. The minimum Gasteiger partial charge on any atom is -0.493 e. The summed E-state index contributed by atoms with van der Waals surface area (Å²) in [5.41, 5.74) is 2.45. The first-order chi connectivity index (χ1) is 9.26. The Labute approximate surface area is 126 Å². The van der Waals surface area contributed by atoms with Gasteiger partial charge in [-0.05, 0) is 17.7 Å². The van der Waals surface area contributed by atoms with Gasteiger partial charge in [-0.1, -0.05) is 27.5 Å². The van der Waals surface area contributed by atoms with Crippen LogP contribution in [0.4, 0.5) is 0 Å². The number of morpholine rings is 1. The fraction of sp³-hybridized carbons (Fsp3) is 0.571. The molecule has 2 aliphatic rings. The number of alkyl halides is 1. The summed E-state index contributed by atoms with van der Waals surface area (Å²) in [5, 5.41) is 1.69. The van der Waals surface area contributed by atoms with Gasteiger partial charge >= 0.3 is 0 Å². The smallest absolute Gasteiger partial charge is 0.127 e. The van der Waals surface area contributed by atoms with Crippen LogP contribution >= 0.6 is 27.5 Å². The summed E-state index contributed by atoms with van der Waals surface area (Å²) in [4.78, 5) is 2.41. The van der Waals surface area contributed by atoms with Crippen LogP contribution in [0.15, 0.2) is 12.1 Å². The number of nitrogens with zero attached hydrogens (tertiary/aromatic N) is 1. The highest BCUT2D eigenvalue weighted by Crippen LogP contribution is 2.33. The molecule has 19 heavy (non-hydrogen) atoms. The Morgan fingerprint density at radius 1 is 1.37 bits per heavy atom. The van der Waals surface area contributed by atoms with E-state index in [9.17, 15) is 0 Å². The van der Waals surface area contributed by atoms with Gasteiger partial charge in [-0.15, -0.1) is 0 Å². The average Bonchev–Trinajstić information content (AvgIpc) is 2.87. The molecular formula is C14H17BrClNO2. The second kappa shape index (κ2) is 6.00. The first-order valence-electron chi connectivity index (χ1n) is 6.60. The monoisotopic (exact) mass is 345 g/mol. The third kappa shape index (κ3) is 3.07. The first kappa shape index (κ1) is 13.7. The minimum atomic E-state index is 0.280. The van der Waals surface area contributed by atoms with Crippen molar-refractivity contribution in [2.24, 2.45) is 0 Å². The van der Waals surface area contributed by atoms with Gasteiger partial charge in [0.15, 0.2) is 0 Å². The lowest BCUT2D eigenvalue weighted by atomic mass is 10.1. The molecule has 3 nitrogen and oxygen atoms in total. The molecule has 2 heterocycles. The predicted octanol–water partition coefficient (Wildman–Crippen LogP) is 2.87. The van der Waals surface area contributed by atoms with Gasteiger partial charge in [-0.25, -0.2) is 0 Å². The fourth-order valence-corrected chi connectivity index (χ4v) is 3.38. The molecule has 0 bridgehead atoms. The van der Waals surface area contributed by atoms with E-state index in [4.69, 9.17) is 21.1 Å². The molecule has 0 aromatic heterocycles. The van der Waals surface area contributed by atoms with Crippen LogP contribution in [0, 0.1) is 0 Å². The maximum Gasteiger partial charge on any atom is 0.127 e. The zero-order valence-electron chi connectivity index (χ0n) is 10.7. The number of benzene rings is 1. The summed E-state index contributed by atoms with van der Waals surface area (Å²) in [6.07, 6.45) is 1.25. The van der Waals surface area contributed by atoms with Crippen LogP contribution in [0.25, 0.3) is 0 Å². The van der Waals surface area contributed by atoms with Crippen molar-refractivity contribution >= 4 is 27.5 Å². The summed E-state index contributed by atoms with van der Waals surface area (Å²) >= 11 is 9.68. The number of rotatable bonds is 3. The Balaban J connectivity index is 1.76. The zero-order valence-corrected chi connectivity index (χ0v) is 13.0. The number of hydrogen-bond acceptors (Lipinski definition) is 3. The average molecular weight is 347 g/mol. The lowest BCUT2D eigenvalue weighted by Crippen LogP contribution is -2.42. The van der Waals surface area contributed by atoms with Crippen molar-refractivity contribution < 1.29 is 9.47 Å². The van der Waals surface area contributed by atoms with Crippen molar-refractivity contribution in [3.8, 4) is 5.75 Å². The Bertz CT molecular complexity index is 469. The van der Waals surface area contributed by atoms with Crippen LogP contribution in [-0.2, 0) is 17.7 Å². The largest absolute Gasteiger partial charge is 0.493 e. The van der Waals surface area contributed by atoms with E-state index >= 15 is 0 Å². The highest BCUT2D eigenvalue weighted by Gasteiger charge is 2.23. The summed E-state index contributed by atoms with van der Waals surface area (Å²) < 4.78 is 11.4. The lowest BCUT2D eigenvalue weighted by molar-refractivity contribution is -0.0183. The Kier molecular flexibility index (Phi) is 4.32. The van der Waals surface area contributed by atoms with E-state index in [1.165, 1.54) is 11.1 Å². The molecule has 0 amide bonds. The number of hydrogen-bond donors (Lipinski definition) is 0. The van der Waals surface area contributed by atoms with E-state index in [-0.39, 0.29) is 6.10 Å². The molecule has 0 saturated carbocycles. The maximum absolute atomic E-state index is 6.20. The van der Waals surface area contributed by atoms with Gasteiger partial charge in [0.25, 0.3) is 0 Å².